The number of nitrogens with one attached hydrogen (secondary N) is 1. The van der Waals surface area contributed by atoms with E-state index in [1.165, 1.54) is 21.8 Å². The van der Waals surface area contributed by atoms with E-state index in [0.717, 1.165) is 66.8 Å². The van der Waals surface area contributed by atoms with Gasteiger partial charge in [-0.3, -0.25) is 0 Å². The third-order valence-corrected chi connectivity index (χ3v) is 10.7. The van der Waals surface area contributed by atoms with Gasteiger partial charge in [0.2, 0.25) is 0 Å². The van der Waals surface area contributed by atoms with Gasteiger partial charge >= 0.3 is 0 Å². The minimum atomic E-state index is 0.458. The molecule has 0 aliphatic heterocycles. The number of nitrogens with zero attached hydrogens (tertiary/aromatic N) is 3. The van der Waals surface area contributed by atoms with Crippen molar-refractivity contribution in [1.82, 2.24) is 14.5 Å². The SMILES string of the molecule is N=C(/C=C(/c1ccccc1)c1cccc2ccc(-c3cc(-c4ccc(-n5c6ccccc6c6ccccc65)cc4)nc(-c4ccccc4)n3)cc12)c1ccccc1. The topological polar surface area (TPSA) is 54.6 Å². The molecule has 0 saturated carbocycles. The average Bonchev–Trinajstić information content (AvgIpc) is 3.63. The summed E-state index contributed by atoms with van der Waals surface area (Å²) in [5.41, 5.74) is 12.5. The molecule has 0 atom stereocenters. The summed E-state index contributed by atoms with van der Waals surface area (Å²) in [6.07, 6.45) is 1.99. The molecule has 2 heterocycles. The summed E-state index contributed by atoms with van der Waals surface area (Å²) in [6, 6.07) is 71.4. The highest BCUT2D eigenvalue weighted by atomic mass is 15.0. The van der Waals surface area contributed by atoms with Crippen LogP contribution in [-0.4, -0.2) is 20.2 Å². The second-order valence-electron chi connectivity index (χ2n) is 14.2. The normalized spacial score (nSPS) is 11.7. The number of hydrogen-bond donors (Lipinski definition) is 1. The van der Waals surface area contributed by atoms with Crippen molar-refractivity contribution in [2.45, 2.75) is 0 Å². The van der Waals surface area contributed by atoms with E-state index in [0.29, 0.717) is 11.5 Å². The van der Waals surface area contributed by atoms with Crippen LogP contribution in [0, 0.1) is 5.41 Å². The molecule has 57 heavy (non-hydrogen) atoms. The van der Waals surface area contributed by atoms with Gasteiger partial charge in [0.1, 0.15) is 0 Å². The fraction of sp³-hybridized carbons (Fsp3) is 0. The zero-order chi connectivity index (χ0) is 38.1. The third-order valence-electron chi connectivity index (χ3n) is 10.7. The second-order valence-corrected chi connectivity index (χ2v) is 14.2. The predicted octanol–water partition coefficient (Wildman–Crippen LogP) is 13.2. The summed E-state index contributed by atoms with van der Waals surface area (Å²) in [4.78, 5) is 10.3. The number of aromatic nitrogens is 3. The Balaban J connectivity index is 1.10. The van der Waals surface area contributed by atoms with Gasteiger partial charge in [0.15, 0.2) is 5.82 Å². The number of benzene rings is 8. The number of fused-ring (bicyclic) bond motifs is 4. The maximum Gasteiger partial charge on any atom is 0.160 e. The Hall–Kier alpha value is -7.69. The third kappa shape index (κ3) is 6.39. The first-order chi connectivity index (χ1) is 28.2. The molecule has 10 rings (SSSR count). The summed E-state index contributed by atoms with van der Waals surface area (Å²) < 4.78 is 2.33. The van der Waals surface area contributed by atoms with Crippen LogP contribution in [0.5, 0.6) is 0 Å². The van der Waals surface area contributed by atoms with Crippen LogP contribution in [0.15, 0.2) is 212 Å². The molecule has 268 valence electrons. The molecule has 0 amide bonds. The Labute approximate surface area is 331 Å². The molecule has 0 aliphatic rings. The molecule has 0 bridgehead atoms. The lowest BCUT2D eigenvalue weighted by atomic mass is 9.90. The number of rotatable bonds is 8. The maximum atomic E-state index is 9.08. The largest absolute Gasteiger partial charge is 0.309 e. The first-order valence-electron chi connectivity index (χ1n) is 19.2. The van der Waals surface area contributed by atoms with E-state index in [9.17, 15) is 0 Å². The molecule has 4 nitrogen and oxygen atoms in total. The quantitative estimate of drug-likeness (QED) is 0.158. The monoisotopic (exact) mass is 728 g/mol. The van der Waals surface area contributed by atoms with E-state index in [1.807, 2.05) is 60.7 Å². The van der Waals surface area contributed by atoms with Crippen LogP contribution in [0.25, 0.3) is 77.7 Å². The van der Waals surface area contributed by atoms with Crippen LogP contribution in [0.1, 0.15) is 16.7 Å². The fourth-order valence-electron chi connectivity index (χ4n) is 7.89. The van der Waals surface area contributed by atoms with E-state index in [4.69, 9.17) is 15.4 Å². The molecule has 1 N–H and O–H groups in total. The number of allylic oxidation sites excluding steroid dienone is 1. The Kier molecular flexibility index (Phi) is 8.62. The van der Waals surface area contributed by atoms with E-state index < -0.39 is 0 Å². The standard InChI is InChI=1S/C53H36N4/c54-48(38-17-6-2-7-18-38)34-47(36-15-4-1-5-16-36)43-24-14-21-37-27-28-41(33-46(37)43)50-35-49(55-53(56-50)40-19-8-3-9-20-40)39-29-31-42(32-30-39)57-51-25-12-10-22-44(51)45-23-11-13-26-52(45)57/h1-35,54H/b47-34-,54-48?. The molecule has 0 unspecified atom stereocenters. The van der Waals surface area contributed by atoms with Gasteiger partial charge in [-0.2, -0.15) is 0 Å². The van der Waals surface area contributed by atoms with Gasteiger partial charge in [-0.15, -0.1) is 0 Å². The maximum absolute atomic E-state index is 9.08. The zero-order valence-corrected chi connectivity index (χ0v) is 31.0. The van der Waals surface area contributed by atoms with E-state index >= 15 is 0 Å². The number of para-hydroxylation sites is 2. The van der Waals surface area contributed by atoms with Crippen molar-refractivity contribution in [3.63, 3.8) is 0 Å². The Morgan fingerprint density at radius 3 is 1.67 bits per heavy atom. The van der Waals surface area contributed by atoms with Gasteiger partial charge in [-0.1, -0.05) is 170 Å². The molecule has 0 fully saturated rings. The Morgan fingerprint density at radius 2 is 1.00 bits per heavy atom. The smallest absolute Gasteiger partial charge is 0.160 e. The summed E-state index contributed by atoms with van der Waals surface area (Å²) >= 11 is 0. The van der Waals surface area contributed by atoms with Gasteiger partial charge in [0.25, 0.3) is 0 Å². The zero-order valence-electron chi connectivity index (χ0n) is 31.0. The van der Waals surface area contributed by atoms with Crippen molar-refractivity contribution >= 4 is 43.9 Å². The molecular weight excluding hydrogens is 693 g/mol. The van der Waals surface area contributed by atoms with Gasteiger partial charge in [0.05, 0.1) is 28.1 Å². The number of hydrogen-bond acceptors (Lipinski definition) is 3. The highest BCUT2D eigenvalue weighted by Gasteiger charge is 2.16. The minimum Gasteiger partial charge on any atom is -0.309 e. The lowest BCUT2D eigenvalue weighted by molar-refractivity contribution is 1.17. The Morgan fingerprint density at radius 1 is 0.439 bits per heavy atom. The van der Waals surface area contributed by atoms with Gasteiger partial charge in [-0.25, -0.2) is 9.97 Å². The highest BCUT2D eigenvalue weighted by Crippen LogP contribution is 2.36. The molecule has 0 spiro atoms. The van der Waals surface area contributed by atoms with E-state index in [-0.39, 0.29) is 0 Å². The summed E-state index contributed by atoms with van der Waals surface area (Å²) in [6.45, 7) is 0. The van der Waals surface area contributed by atoms with Crippen molar-refractivity contribution < 1.29 is 0 Å². The van der Waals surface area contributed by atoms with E-state index in [1.54, 1.807) is 0 Å². The van der Waals surface area contributed by atoms with Crippen LogP contribution in [0.3, 0.4) is 0 Å². The first-order valence-corrected chi connectivity index (χ1v) is 19.2. The molecule has 10 aromatic rings. The summed E-state index contributed by atoms with van der Waals surface area (Å²) in [7, 11) is 0. The van der Waals surface area contributed by atoms with Crippen molar-refractivity contribution in [3.8, 4) is 39.6 Å². The summed E-state index contributed by atoms with van der Waals surface area (Å²) in [5, 5.41) is 13.8. The van der Waals surface area contributed by atoms with Crippen LogP contribution in [-0.2, 0) is 0 Å². The minimum absolute atomic E-state index is 0.458. The van der Waals surface area contributed by atoms with Gasteiger partial charge in [-0.05, 0) is 75.5 Å². The molecule has 0 saturated heterocycles. The molecule has 0 aliphatic carbocycles. The Bertz CT molecular complexity index is 3050. The lowest BCUT2D eigenvalue weighted by Crippen LogP contribution is -1.99. The fourth-order valence-corrected chi connectivity index (χ4v) is 7.89. The van der Waals surface area contributed by atoms with Crippen molar-refractivity contribution in [1.29, 1.82) is 5.41 Å². The molecular formula is C53H36N4. The van der Waals surface area contributed by atoms with Gasteiger partial charge in [0, 0.05) is 33.2 Å². The van der Waals surface area contributed by atoms with Crippen LogP contribution in [0.2, 0.25) is 0 Å². The van der Waals surface area contributed by atoms with E-state index in [2.05, 4.69) is 156 Å². The predicted molar refractivity (Wildman–Crippen MR) is 237 cm³/mol. The molecule has 8 aromatic carbocycles. The lowest BCUT2D eigenvalue weighted by Gasteiger charge is -2.15. The van der Waals surface area contributed by atoms with Crippen molar-refractivity contribution in [3.05, 3.63) is 229 Å². The molecule has 2 aromatic heterocycles. The second kappa shape index (κ2) is 14.5. The molecule has 4 heteroatoms. The highest BCUT2D eigenvalue weighted by molar-refractivity contribution is 6.14. The van der Waals surface area contributed by atoms with Crippen molar-refractivity contribution in [2.24, 2.45) is 0 Å². The van der Waals surface area contributed by atoms with Crippen LogP contribution in [0.4, 0.5) is 0 Å². The van der Waals surface area contributed by atoms with Crippen molar-refractivity contribution in [2.75, 3.05) is 0 Å². The summed E-state index contributed by atoms with van der Waals surface area (Å²) in [5.74, 6) is 0.670. The van der Waals surface area contributed by atoms with Crippen LogP contribution < -0.4 is 0 Å². The average molecular weight is 729 g/mol. The first kappa shape index (κ1) is 33.8. The molecule has 0 radical (unpaired) electrons. The van der Waals surface area contributed by atoms with Gasteiger partial charge < -0.3 is 9.98 Å². The van der Waals surface area contributed by atoms with Crippen LogP contribution >= 0.6 is 0 Å².